The second kappa shape index (κ2) is 8.00. The van der Waals surface area contributed by atoms with Gasteiger partial charge in [-0.05, 0) is 29.5 Å². The van der Waals surface area contributed by atoms with Crippen molar-refractivity contribution >= 4 is 23.4 Å². The van der Waals surface area contributed by atoms with E-state index in [1.807, 2.05) is 11.4 Å². The van der Waals surface area contributed by atoms with Crippen LogP contribution in [0.1, 0.15) is 16.9 Å². The van der Waals surface area contributed by atoms with Crippen molar-refractivity contribution in [3.8, 4) is 0 Å². The van der Waals surface area contributed by atoms with Crippen molar-refractivity contribution in [1.29, 1.82) is 0 Å². The van der Waals surface area contributed by atoms with Crippen molar-refractivity contribution in [2.24, 2.45) is 0 Å². The van der Waals surface area contributed by atoms with E-state index in [0.717, 1.165) is 22.9 Å². The number of carboxylic acid groups (broad SMARTS) is 1. The molecule has 1 N–H and O–H groups in total. The first-order valence-corrected chi connectivity index (χ1v) is 6.16. The smallest absolute Gasteiger partial charge is 0.328 e. The van der Waals surface area contributed by atoms with E-state index in [9.17, 15) is 4.79 Å². The summed E-state index contributed by atoms with van der Waals surface area (Å²) in [4.78, 5) is 11.5. The minimum atomic E-state index is -0.942. The minimum absolute atomic E-state index is 0.515. The fourth-order valence-corrected chi connectivity index (χ4v) is 2.05. The maximum absolute atomic E-state index is 10.4. The molecule has 1 rings (SSSR count). The van der Waals surface area contributed by atoms with E-state index >= 15 is 0 Å². The van der Waals surface area contributed by atoms with Crippen molar-refractivity contribution in [1.82, 2.24) is 0 Å². The largest absolute Gasteiger partial charge is 0.478 e. The zero-order chi connectivity index (χ0) is 12.5. The average Bonchev–Trinajstić information content (AvgIpc) is 2.73. The summed E-state index contributed by atoms with van der Waals surface area (Å²) >= 11 is 1.56. The van der Waals surface area contributed by atoms with E-state index in [-0.39, 0.29) is 0 Å². The number of carbonyl (C=O) groups is 1. The van der Waals surface area contributed by atoms with Gasteiger partial charge in [0.1, 0.15) is 0 Å². The Kier molecular flexibility index (Phi) is 6.54. The van der Waals surface area contributed by atoms with Gasteiger partial charge in [-0.25, -0.2) is 4.79 Å². The monoisotopic (exact) mass is 256 g/mol. The molecule has 1 aromatic rings. The molecule has 0 aliphatic rings. The number of ether oxygens (including phenoxy) is 2. The highest BCUT2D eigenvalue weighted by Crippen LogP contribution is 2.19. The van der Waals surface area contributed by atoms with Gasteiger partial charge in [0.15, 0.2) is 0 Å². The molecule has 0 unspecified atom stereocenters. The lowest BCUT2D eigenvalue weighted by Crippen LogP contribution is -1.99. The second-order valence-corrected chi connectivity index (χ2v) is 4.37. The highest BCUT2D eigenvalue weighted by atomic mass is 32.1. The molecule has 0 aliphatic heterocycles. The summed E-state index contributed by atoms with van der Waals surface area (Å²) in [6.45, 7) is 1.85. The summed E-state index contributed by atoms with van der Waals surface area (Å²) in [5, 5.41) is 10.5. The Hall–Kier alpha value is -1.17. The third-order valence-corrected chi connectivity index (χ3v) is 2.97. The first-order chi connectivity index (χ1) is 8.24. The molecule has 0 radical (unpaired) electrons. The molecule has 0 saturated heterocycles. The molecule has 17 heavy (non-hydrogen) atoms. The van der Waals surface area contributed by atoms with Gasteiger partial charge < -0.3 is 14.6 Å². The van der Waals surface area contributed by atoms with Crippen LogP contribution in [-0.2, 0) is 20.9 Å². The van der Waals surface area contributed by atoms with Crippen LogP contribution in [0.15, 0.2) is 17.5 Å². The Labute approximate surface area is 104 Å². The quantitative estimate of drug-likeness (QED) is 0.573. The highest BCUT2D eigenvalue weighted by Gasteiger charge is 2.02. The first kappa shape index (κ1) is 13.9. The summed E-state index contributed by atoms with van der Waals surface area (Å²) in [6, 6.07) is 1.89. The SMILES string of the molecule is COCCCOCc1sccc1C=CC(=O)O. The molecule has 0 bridgehead atoms. The molecule has 0 aliphatic carbocycles. The molecule has 1 aromatic heterocycles. The molecule has 0 saturated carbocycles. The third-order valence-electron chi connectivity index (χ3n) is 2.06. The topological polar surface area (TPSA) is 55.8 Å². The van der Waals surface area contributed by atoms with Gasteiger partial charge in [0.05, 0.1) is 6.61 Å². The number of hydrogen-bond donors (Lipinski definition) is 1. The number of rotatable bonds is 8. The lowest BCUT2D eigenvalue weighted by molar-refractivity contribution is -0.131. The van der Waals surface area contributed by atoms with E-state index in [4.69, 9.17) is 14.6 Å². The summed E-state index contributed by atoms with van der Waals surface area (Å²) in [7, 11) is 1.66. The second-order valence-electron chi connectivity index (χ2n) is 3.37. The summed E-state index contributed by atoms with van der Waals surface area (Å²) in [5.41, 5.74) is 0.907. The number of aliphatic carboxylic acids is 1. The maximum atomic E-state index is 10.4. The number of methoxy groups -OCH3 is 1. The Morgan fingerprint density at radius 1 is 1.53 bits per heavy atom. The zero-order valence-electron chi connectivity index (χ0n) is 9.72. The molecular formula is C12H16O4S. The van der Waals surface area contributed by atoms with Gasteiger partial charge in [-0.3, -0.25) is 0 Å². The van der Waals surface area contributed by atoms with Gasteiger partial charge in [0.2, 0.25) is 0 Å². The molecule has 0 spiro atoms. The van der Waals surface area contributed by atoms with E-state index in [1.54, 1.807) is 24.5 Å². The summed E-state index contributed by atoms with van der Waals surface area (Å²) in [5.74, 6) is -0.942. The van der Waals surface area contributed by atoms with Gasteiger partial charge in [0, 0.05) is 31.3 Å². The molecule has 0 amide bonds. The normalized spacial score (nSPS) is 11.1. The predicted octanol–water partition coefficient (Wildman–Crippen LogP) is 2.40. The van der Waals surface area contributed by atoms with Crippen LogP contribution in [0.2, 0.25) is 0 Å². The van der Waals surface area contributed by atoms with Crippen LogP contribution >= 0.6 is 11.3 Å². The Morgan fingerprint density at radius 2 is 2.35 bits per heavy atom. The van der Waals surface area contributed by atoms with E-state index in [2.05, 4.69) is 0 Å². The average molecular weight is 256 g/mol. The molecule has 0 aromatic carbocycles. The number of hydrogen-bond acceptors (Lipinski definition) is 4. The summed E-state index contributed by atoms with van der Waals surface area (Å²) in [6.07, 6.45) is 3.59. The number of carboxylic acids is 1. The third kappa shape index (κ3) is 5.63. The molecule has 1 heterocycles. The Morgan fingerprint density at radius 3 is 3.06 bits per heavy atom. The van der Waals surface area contributed by atoms with Crippen LogP contribution in [0, 0.1) is 0 Å². The lowest BCUT2D eigenvalue weighted by atomic mass is 10.2. The van der Waals surface area contributed by atoms with Gasteiger partial charge in [-0.1, -0.05) is 0 Å². The Balaban J connectivity index is 2.38. The van der Waals surface area contributed by atoms with E-state index in [1.165, 1.54) is 0 Å². The van der Waals surface area contributed by atoms with E-state index in [0.29, 0.717) is 19.8 Å². The standard InChI is InChI=1S/C12H16O4S/c1-15-6-2-7-16-9-11-10(5-8-17-11)3-4-12(13)14/h3-5,8H,2,6-7,9H2,1H3,(H,13,14). The van der Waals surface area contributed by atoms with E-state index < -0.39 is 5.97 Å². The molecular weight excluding hydrogens is 240 g/mol. The van der Waals surface area contributed by atoms with Gasteiger partial charge in [-0.15, -0.1) is 11.3 Å². The first-order valence-electron chi connectivity index (χ1n) is 5.28. The van der Waals surface area contributed by atoms with Crippen LogP contribution < -0.4 is 0 Å². The van der Waals surface area contributed by atoms with Crippen LogP contribution in [-0.4, -0.2) is 31.4 Å². The van der Waals surface area contributed by atoms with Crippen molar-refractivity contribution in [2.75, 3.05) is 20.3 Å². The summed E-state index contributed by atoms with van der Waals surface area (Å²) < 4.78 is 10.4. The van der Waals surface area contributed by atoms with Crippen LogP contribution in [0.5, 0.6) is 0 Å². The minimum Gasteiger partial charge on any atom is -0.478 e. The van der Waals surface area contributed by atoms with Gasteiger partial charge in [0.25, 0.3) is 0 Å². The van der Waals surface area contributed by atoms with Crippen LogP contribution in [0.3, 0.4) is 0 Å². The van der Waals surface area contributed by atoms with Crippen molar-refractivity contribution in [2.45, 2.75) is 13.0 Å². The fourth-order valence-electron chi connectivity index (χ4n) is 1.25. The van der Waals surface area contributed by atoms with Crippen molar-refractivity contribution in [3.63, 3.8) is 0 Å². The molecule has 5 heteroatoms. The fraction of sp³-hybridized carbons (Fsp3) is 0.417. The van der Waals surface area contributed by atoms with Crippen LogP contribution in [0.25, 0.3) is 6.08 Å². The highest BCUT2D eigenvalue weighted by molar-refractivity contribution is 7.10. The van der Waals surface area contributed by atoms with Crippen molar-refractivity contribution in [3.05, 3.63) is 28.0 Å². The van der Waals surface area contributed by atoms with Crippen LogP contribution in [0.4, 0.5) is 0 Å². The Bertz CT molecular complexity index is 370. The molecule has 4 nitrogen and oxygen atoms in total. The maximum Gasteiger partial charge on any atom is 0.328 e. The molecule has 94 valence electrons. The van der Waals surface area contributed by atoms with Gasteiger partial charge in [-0.2, -0.15) is 0 Å². The van der Waals surface area contributed by atoms with Gasteiger partial charge >= 0.3 is 5.97 Å². The van der Waals surface area contributed by atoms with Crippen molar-refractivity contribution < 1.29 is 19.4 Å². The predicted molar refractivity (Wildman–Crippen MR) is 67.1 cm³/mol. The zero-order valence-corrected chi connectivity index (χ0v) is 10.5. The molecule has 0 atom stereocenters. The number of thiophene rings is 1. The lowest BCUT2D eigenvalue weighted by Gasteiger charge is -2.03. The molecule has 0 fully saturated rings.